The van der Waals surface area contributed by atoms with Gasteiger partial charge in [0.05, 0.1) is 10.7 Å². The summed E-state index contributed by atoms with van der Waals surface area (Å²) in [5.41, 5.74) is -6.10. The van der Waals surface area contributed by atoms with Crippen LogP contribution < -0.4 is 0 Å². The quantitative estimate of drug-likeness (QED) is 0.621. The van der Waals surface area contributed by atoms with E-state index >= 15 is 0 Å². The smallest absolute Gasteiger partial charge is 0.258 e. The van der Waals surface area contributed by atoms with Crippen LogP contribution >= 0.6 is 0 Å². The topological polar surface area (TPSA) is 77.3 Å². The zero-order valence-corrected chi connectivity index (χ0v) is 8.96. The molecule has 0 atom stereocenters. The molecule has 1 aromatic carbocycles. The van der Waals surface area contributed by atoms with Crippen LogP contribution in [0.2, 0.25) is 0 Å². The minimum atomic E-state index is -5.36. The molecule has 17 heavy (non-hydrogen) atoms. The average molecular weight is 269 g/mol. The molecule has 0 aliphatic rings. The summed E-state index contributed by atoms with van der Waals surface area (Å²) in [5.74, 6) is -1.31. The molecule has 0 aromatic heterocycles. The summed E-state index contributed by atoms with van der Waals surface area (Å²) in [7, 11) is -5.32. The fraction of sp³-hybridized carbons (Fsp3) is 0.250. The highest BCUT2D eigenvalue weighted by Crippen LogP contribution is 2.27. The van der Waals surface area contributed by atoms with E-state index in [1.165, 1.54) is 0 Å². The lowest BCUT2D eigenvalue weighted by Crippen LogP contribution is -2.24. The fourth-order valence-electron chi connectivity index (χ4n) is 1.06. The third-order valence-corrected chi connectivity index (χ3v) is 3.25. The van der Waals surface area contributed by atoms with Crippen LogP contribution in [0.25, 0.3) is 0 Å². The summed E-state index contributed by atoms with van der Waals surface area (Å²) in [5, 5.41) is 10.3. The Labute approximate surface area is 93.9 Å². The highest BCUT2D eigenvalue weighted by atomic mass is 32.2. The van der Waals surface area contributed by atoms with Crippen LogP contribution in [-0.2, 0) is 15.6 Å². The first-order valence-corrected chi connectivity index (χ1v) is 5.81. The molecule has 0 amide bonds. The number of benzene rings is 1. The summed E-state index contributed by atoms with van der Waals surface area (Å²) in [6.45, 7) is 0. The number of non-ortho nitro benzene ring substituents is 1. The standard InChI is InChI=1S/C8H6F3NO4S/c9-8(10,11)17(15,16)5-6-2-1-3-7(4-6)12(13)14/h1-4H,5H2. The van der Waals surface area contributed by atoms with E-state index in [0.29, 0.717) is 0 Å². The minimum Gasteiger partial charge on any atom is -0.258 e. The molecule has 5 nitrogen and oxygen atoms in total. The van der Waals surface area contributed by atoms with Crippen molar-refractivity contribution in [2.45, 2.75) is 11.3 Å². The van der Waals surface area contributed by atoms with Gasteiger partial charge in [-0.25, -0.2) is 8.42 Å². The summed E-state index contributed by atoms with van der Waals surface area (Å²) < 4.78 is 57.8. The Bertz CT molecular complexity index is 538. The van der Waals surface area contributed by atoms with Crippen molar-refractivity contribution in [2.24, 2.45) is 0 Å². The lowest BCUT2D eigenvalue weighted by Gasteiger charge is -2.07. The Hall–Kier alpha value is -1.64. The van der Waals surface area contributed by atoms with E-state index in [9.17, 15) is 31.7 Å². The molecule has 0 radical (unpaired) electrons. The van der Waals surface area contributed by atoms with Crippen LogP contribution in [0.5, 0.6) is 0 Å². The number of nitrogens with zero attached hydrogens (tertiary/aromatic N) is 1. The van der Waals surface area contributed by atoms with E-state index in [-0.39, 0.29) is 5.56 Å². The van der Waals surface area contributed by atoms with Crippen molar-refractivity contribution in [3.8, 4) is 0 Å². The van der Waals surface area contributed by atoms with E-state index in [2.05, 4.69) is 0 Å². The van der Waals surface area contributed by atoms with Gasteiger partial charge in [-0.05, 0) is 5.56 Å². The second-order valence-electron chi connectivity index (χ2n) is 3.13. The number of halogens is 3. The summed E-state index contributed by atoms with van der Waals surface area (Å²) in [4.78, 5) is 9.53. The van der Waals surface area contributed by atoms with Crippen LogP contribution in [0.15, 0.2) is 24.3 Å². The first kappa shape index (κ1) is 13.4. The van der Waals surface area contributed by atoms with E-state index in [1.54, 1.807) is 0 Å². The molecule has 0 bridgehead atoms. The van der Waals surface area contributed by atoms with Gasteiger partial charge in [0.1, 0.15) is 0 Å². The first-order chi connectivity index (χ1) is 7.63. The Kier molecular flexibility index (Phi) is 3.41. The van der Waals surface area contributed by atoms with Crippen molar-refractivity contribution in [1.82, 2.24) is 0 Å². The van der Waals surface area contributed by atoms with Gasteiger partial charge < -0.3 is 0 Å². The zero-order chi connectivity index (χ0) is 13.3. The van der Waals surface area contributed by atoms with Crippen LogP contribution in [0.3, 0.4) is 0 Å². The number of nitro benzene ring substituents is 1. The molecule has 0 fully saturated rings. The van der Waals surface area contributed by atoms with Crippen molar-refractivity contribution in [1.29, 1.82) is 0 Å². The Morgan fingerprint density at radius 3 is 2.35 bits per heavy atom. The van der Waals surface area contributed by atoms with Crippen LogP contribution in [-0.4, -0.2) is 18.8 Å². The maximum absolute atomic E-state index is 12.1. The molecule has 0 spiro atoms. The molecule has 1 aromatic rings. The monoisotopic (exact) mass is 269 g/mol. The van der Waals surface area contributed by atoms with Gasteiger partial charge in [-0.1, -0.05) is 12.1 Å². The molecule has 0 aliphatic heterocycles. The highest BCUT2D eigenvalue weighted by Gasteiger charge is 2.45. The molecule has 1 rings (SSSR count). The van der Waals surface area contributed by atoms with Crippen LogP contribution in [0, 0.1) is 10.1 Å². The van der Waals surface area contributed by atoms with E-state index < -0.39 is 31.7 Å². The number of sulfone groups is 1. The van der Waals surface area contributed by atoms with E-state index in [4.69, 9.17) is 0 Å². The van der Waals surface area contributed by atoms with Crippen LogP contribution in [0.4, 0.5) is 18.9 Å². The third kappa shape index (κ3) is 3.16. The van der Waals surface area contributed by atoms with Gasteiger partial charge in [0.25, 0.3) is 15.5 Å². The molecule has 0 N–H and O–H groups in total. The normalized spacial score (nSPS) is 12.4. The lowest BCUT2D eigenvalue weighted by atomic mass is 10.2. The van der Waals surface area contributed by atoms with Crippen molar-refractivity contribution < 1.29 is 26.5 Å². The van der Waals surface area contributed by atoms with E-state index in [1.807, 2.05) is 0 Å². The summed E-state index contributed by atoms with van der Waals surface area (Å²) in [6, 6.07) is 4.06. The molecule has 94 valence electrons. The molecular formula is C8H6F3NO4S. The van der Waals surface area contributed by atoms with Gasteiger partial charge in [0.2, 0.25) is 0 Å². The van der Waals surface area contributed by atoms with Crippen LogP contribution in [0.1, 0.15) is 5.56 Å². The first-order valence-electron chi connectivity index (χ1n) is 4.16. The van der Waals surface area contributed by atoms with Crippen molar-refractivity contribution in [3.05, 3.63) is 39.9 Å². The third-order valence-electron chi connectivity index (χ3n) is 1.83. The molecule has 0 saturated carbocycles. The summed E-state index contributed by atoms with van der Waals surface area (Å²) in [6.07, 6.45) is 0. The van der Waals surface area contributed by atoms with Gasteiger partial charge >= 0.3 is 5.51 Å². The largest absolute Gasteiger partial charge is 0.497 e. The van der Waals surface area contributed by atoms with E-state index in [0.717, 1.165) is 24.3 Å². The number of alkyl halides is 3. The Balaban J connectivity index is 3.05. The highest BCUT2D eigenvalue weighted by molar-refractivity contribution is 7.91. The molecule has 0 unspecified atom stereocenters. The lowest BCUT2D eigenvalue weighted by molar-refractivity contribution is -0.384. The van der Waals surface area contributed by atoms with Gasteiger partial charge in [0.15, 0.2) is 0 Å². The summed E-state index contributed by atoms with van der Waals surface area (Å²) >= 11 is 0. The van der Waals surface area contributed by atoms with Crippen molar-refractivity contribution >= 4 is 15.5 Å². The van der Waals surface area contributed by atoms with Crippen molar-refractivity contribution in [3.63, 3.8) is 0 Å². The van der Waals surface area contributed by atoms with Gasteiger partial charge in [-0.2, -0.15) is 13.2 Å². The average Bonchev–Trinajstić information content (AvgIpc) is 2.15. The number of hydrogen-bond acceptors (Lipinski definition) is 4. The predicted molar refractivity (Wildman–Crippen MR) is 51.8 cm³/mol. The number of rotatable bonds is 3. The molecule has 0 heterocycles. The fourth-order valence-corrected chi connectivity index (χ4v) is 1.84. The van der Waals surface area contributed by atoms with Crippen molar-refractivity contribution in [2.75, 3.05) is 0 Å². The maximum Gasteiger partial charge on any atom is 0.497 e. The maximum atomic E-state index is 12.1. The molecule has 0 aliphatic carbocycles. The molecule has 0 saturated heterocycles. The predicted octanol–water partition coefficient (Wildman–Crippen LogP) is 2.03. The molecule has 9 heteroatoms. The number of hydrogen-bond donors (Lipinski definition) is 0. The van der Waals surface area contributed by atoms with Gasteiger partial charge in [0, 0.05) is 12.1 Å². The Morgan fingerprint density at radius 2 is 1.88 bits per heavy atom. The minimum absolute atomic E-state index is 0.281. The Morgan fingerprint density at radius 1 is 1.29 bits per heavy atom. The second kappa shape index (κ2) is 4.32. The van der Waals surface area contributed by atoms with Gasteiger partial charge in [-0.3, -0.25) is 10.1 Å². The van der Waals surface area contributed by atoms with Gasteiger partial charge in [-0.15, -0.1) is 0 Å². The SMILES string of the molecule is O=[N+]([O-])c1cccc(CS(=O)(=O)C(F)(F)F)c1. The second-order valence-corrected chi connectivity index (χ2v) is 5.11. The number of nitro groups is 1. The molecular weight excluding hydrogens is 263 g/mol. The zero-order valence-electron chi connectivity index (χ0n) is 8.14.